The van der Waals surface area contributed by atoms with Crippen molar-refractivity contribution in [2.45, 2.75) is 24.1 Å². The summed E-state index contributed by atoms with van der Waals surface area (Å²) in [5.41, 5.74) is 1.94. The van der Waals surface area contributed by atoms with Gasteiger partial charge in [0.2, 0.25) is 11.8 Å². The lowest BCUT2D eigenvalue weighted by molar-refractivity contribution is -0.123. The molecule has 0 radical (unpaired) electrons. The average molecular weight is 580 g/mol. The molecular formula is C25H21BrCl2N2O5. The quantitative estimate of drug-likeness (QED) is 0.319. The SMILES string of the molecule is Cc1cc(NC(=O)COC(=O)c2cccc(N3C(=O)[C@@H]4[C@H]5C[C@@H]([C@H](Cl)[C@H]5Cl)[C@@H]4C3=O)c2)ccc1Br. The van der Waals surface area contributed by atoms with Gasteiger partial charge in [-0.25, -0.2) is 4.79 Å². The standard InChI is InChI=1S/C25H21BrCl2N2O5/c1-11-7-13(5-6-17(11)26)29-18(31)10-35-25(34)12-3-2-4-14(8-12)30-23(32)19-15-9-16(20(19)24(30)33)22(28)21(15)27/h2-8,15-16,19-22H,9-10H2,1H3,(H,29,31)/t15-,16-,19-,20+,21+,22+/m1/s1. The Morgan fingerprint density at radius 3 is 2.34 bits per heavy atom. The van der Waals surface area contributed by atoms with E-state index in [0.29, 0.717) is 12.1 Å². The van der Waals surface area contributed by atoms with Gasteiger partial charge >= 0.3 is 5.97 Å². The van der Waals surface area contributed by atoms with E-state index in [1.807, 2.05) is 13.0 Å². The molecule has 1 aliphatic heterocycles. The second-order valence-electron chi connectivity index (χ2n) is 9.15. The summed E-state index contributed by atoms with van der Waals surface area (Å²) in [4.78, 5) is 52.3. The van der Waals surface area contributed by atoms with Gasteiger partial charge in [0.05, 0.1) is 33.8 Å². The van der Waals surface area contributed by atoms with Crippen LogP contribution in [-0.2, 0) is 19.1 Å². The van der Waals surface area contributed by atoms with Crippen molar-refractivity contribution in [1.29, 1.82) is 0 Å². The summed E-state index contributed by atoms with van der Waals surface area (Å²) >= 11 is 16.2. The highest BCUT2D eigenvalue weighted by molar-refractivity contribution is 9.10. The number of carbonyl (C=O) groups is 4. The van der Waals surface area contributed by atoms with Crippen molar-refractivity contribution in [2.75, 3.05) is 16.8 Å². The number of hydrogen-bond acceptors (Lipinski definition) is 5. The number of benzene rings is 2. The molecule has 5 rings (SSSR count). The zero-order chi connectivity index (χ0) is 25.0. The summed E-state index contributed by atoms with van der Waals surface area (Å²) in [6.45, 7) is 1.41. The van der Waals surface area contributed by atoms with Gasteiger partial charge in [-0.1, -0.05) is 22.0 Å². The van der Waals surface area contributed by atoms with E-state index in [1.54, 1.807) is 24.3 Å². The summed E-state index contributed by atoms with van der Waals surface area (Å²) in [5, 5.41) is 1.99. The lowest BCUT2D eigenvalue weighted by atomic mass is 9.80. The molecule has 0 aromatic heterocycles. The fourth-order valence-corrected chi connectivity index (χ4v) is 6.65. The van der Waals surface area contributed by atoms with Crippen LogP contribution in [0.5, 0.6) is 0 Å². The number of alkyl halides is 2. The zero-order valence-corrected chi connectivity index (χ0v) is 21.6. The second-order valence-corrected chi connectivity index (χ2v) is 11.0. The van der Waals surface area contributed by atoms with Crippen LogP contribution in [0.15, 0.2) is 46.9 Å². The number of nitrogens with zero attached hydrogens (tertiary/aromatic N) is 1. The lowest BCUT2D eigenvalue weighted by Crippen LogP contribution is -2.37. The number of amides is 3. The number of ether oxygens (including phenoxy) is 1. The molecule has 182 valence electrons. The Hall–Kier alpha value is -2.42. The van der Waals surface area contributed by atoms with Gasteiger partial charge in [-0.05, 0) is 67.1 Å². The second kappa shape index (κ2) is 9.22. The van der Waals surface area contributed by atoms with Crippen molar-refractivity contribution < 1.29 is 23.9 Å². The molecule has 3 aliphatic rings. The highest BCUT2D eigenvalue weighted by Gasteiger charge is 2.66. The van der Waals surface area contributed by atoms with Crippen molar-refractivity contribution in [1.82, 2.24) is 0 Å². The van der Waals surface area contributed by atoms with Gasteiger partial charge in [-0.3, -0.25) is 19.3 Å². The monoisotopic (exact) mass is 578 g/mol. The first kappa shape index (κ1) is 24.3. The van der Waals surface area contributed by atoms with Gasteiger partial charge < -0.3 is 10.1 Å². The van der Waals surface area contributed by atoms with Crippen LogP contribution in [0.4, 0.5) is 11.4 Å². The van der Waals surface area contributed by atoms with E-state index >= 15 is 0 Å². The number of nitrogens with one attached hydrogen (secondary N) is 1. The fraction of sp³-hybridized carbons (Fsp3) is 0.360. The molecule has 1 saturated heterocycles. The van der Waals surface area contributed by atoms with Crippen LogP contribution in [0.25, 0.3) is 0 Å². The molecule has 2 bridgehead atoms. The molecule has 1 heterocycles. The third-order valence-electron chi connectivity index (χ3n) is 7.10. The molecule has 35 heavy (non-hydrogen) atoms. The molecule has 0 spiro atoms. The molecule has 2 aromatic carbocycles. The predicted molar refractivity (Wildman–Crippen MR) is 135 cm³/mol. The molecule has 1 N–H and O–H groups in total. The molecule has 2 aromatic rings. The molecule has 3 amide bonds. The van der Waals surface area contributed by atoms with Gasteiger partial charge in [0.15, 0.2) is 6.61 Å². The van der Waals surface area contributed by atoms with Crippen LogP contribution in [0, 0.1) is 30.6 Å². The number of rotatable bonds is 5. The molecule has 10 heteroatoms. The third kappa shape index (κ3) is 4.15. The highest BCUT2D eigenvalue weighted by Crippen LogP contribution is 2.59. The van der Waals surface area contributed by atoms with Crippen LogP contribution in [-0.4, -0.2) is 41.1 Å². The summed E-state index contributed by atoms with van der Waals surface area (Å²) < 4.78 is 6.07. The van der Waals surface area contributed by atoms with Gasteiger partial charge in [-0.2, -0.15) is 0 Å². The van der Waals surface area contributed by atoms with E-state index in [0.717, 1.165) is 14.9 Å². The van der Waals surface area contributed by atoms with Crippen molar-refractivity contribution in [3.05, 3.63) is 58.1 Å². The summed E-state index contributed by atoms with van der Waals surface area (Å²) in [6, 6.07) is 11.4. The minimum atomic E-state index is -0.741. The minimum absolute atomic E-state index is 0.126. The number of esters is 1. The van der Waals surface area contributed by atoms with Crippen molar-refractivity contribution in [3.63, 3.8) is 0 Å². The van der Waals surface area contributed by atoms with Gasteiger partial charge in [0.1, 0.15) is 0 Å². The predicted octanol–water partition coefficient (Wildman–Crippen LogP) is 4.52. The largest absolute Gasteiger partial charge is 0.452 e. The van der Waals surface area contributed by atoms with Crippen molar-refractivity contribution in [3.8, 4) is 0 Å². The first-order chi connectivity index (χ1) is 16.7. The molecule has 2 aliphatic carbocycles. The lowest BCUT2D eigenvalue weighted by Gasteiger charge is -2.28. The van der Waals surface area contributed by atoms with Crippen LogP contribution >= 0.6 is 39.1 Å². The molecule has 7 nitrogen and oxygen atoms in total. The van der Waals surface area contributed by atoms with Crippen molar-refractivity contribution >= 4 is 74.2 Å². The van der Waals surface area contributed by atoms with E-state index in [2.05, 4.69) is 21.2 Å². The first-order valence-electron chi connectivity index (χ1n) is 11.2. The molecule has 3 fully saturated rings. The topological polar surface area (TPSA) is 92.8 Å². The molecular weight excluding hydrogens is 559 g/mol. The van der Waals surface area contributed by atoms with E-state index in [1.165, 1.54) is 12.1 Å². The summed E-state index contributed by atoms with van der Waals surface area (Å²) in [6.07, 6.45) is 0.678. The number of hydrogen-bond donors (Lipinski definition) is 1. The zero-order valence-electron chi connectivity index (χ0n) is 18.5. The van der Waals surface area contributed by atoms with Gasteiger partial charge in [-0.15, -0.1) is 23.2 Å². The van der Waals surface area contributed by atoms with E-state index < -0.39 is 30.3 Å². The van der Waals surface area contributed by atoms with E-state index in [9.17, 15) is 19.2 Å². The Kier molecular flexibility index (Phi) is 6.40. The number of aryl methyl sites for hydroxylation is 1. The van der Waals surface area contributed by atoms with Gasteiger partial charge in [0, 0.05) is 10.2 Å². The van der Waals surface area contributed by atoms with Crippen LogP contribution in [0.3, 0.4) is 0 Å². The fourth-order valence-electron chi connectivity index (χ4n) is 5.51. The smallest absolute Gasteiger partial charge is 0.338 e. The summed E-state index contributed by atoms with van der Waals surface area (Å²) in [7, 11) is 0. The first-order valence-corrected chi connectivity index (χ1v) is 12.8. The Balaban J connectivity index is 1.26. The van der Waals surface area contributed by atoms with E-state index in [-0.39, 0.29) is 45.7 Å². The highest BCUT2D eigenvalue weighted by atomic mass is 79.9. The Bertz CT molecular complexity index is 1220. The number of fused-ring (bicyclic) bond motifs is 5. The van der Waals surface area contributed by atoms with Crippen LogP contribution in [0.1, 0.15) is 22.3 Å². The molecule has 2 saturated carbocycles. The minimum Gasteiger partial charge on any atom is -0.452 e. The Labute approximate surface area is 220 Å². The maximum absolute atomic E-state index is 13.2. The number of carbonyl (C=O) groups excluding carboxylic acids is 4. The number of anilines is 2. The van der Waals surface area contributed by atoms with Crippen molar-refractivity contribution in [2.24, 2.45) is 23.7 Å². The molecule has 0 unspecified atom stereocenters. The third-order valence-corrected chi connectivity index (χ3v) is 9.31. The van der Waals surface area contributed by atoms with Crippen LogP contribution in [0.2, 0.25) is 0 Å². The maximum atomic E-state index is 13.2. The number of imide groups is 1. The normalized spacial score (nSPS) is 28.9. The maximum Gasteiger partial charge on any atom is 0.338 e. The Morgan fingerprint density at radius 1 is 1.06 bits per heavy atom. The number of halogens is 3. The molecule has 6 atom stereocenters. The summed E-state index contributed by atoms with van der Waals surface area (Å²) in [5.74, 6) is -3.06. The van der Waals surface area contributed by atoms with Crippen LogP contribution < -0.4 is 10.2 Å². The Morgan fingerprint density at radius 2 is 1.71 bits per heavy atom. The van der Waals surface area contributed by atoms with E-state index in [4.69, 9.17) is 27.9 Å². The average Bonchev–Trinajstić information content (AvgIpc) is 3.44. The van der Waals surface area contributed by atoms with Gasteiger partial charge in [0.25, 0.3) is 5.91 Å².